The number of carbonyl (C=O) groups excluding carboxylic acids is 1. The van der Waals surface area contributed by atoms with Crippen LogP contribution in [-0.2, 0) is 14.8 Å². The summed E-state index contributed by atoms with van der Waals surface area (Å²) in [5.74, 6) is -1.76. The molecule has 0 aliphatic heterocycles. The fourth-order valence-electron chi connectivity index (χ4n) is 2.09. The maximum atomic E-state index is 12.9. The lowest BCUT2D eigenvalue weighted by Gasteiger charge is -2.24. The summed E-state index contributed by atoms with van der Waals surface area (Å²) in [5, 5.41) is 8.90. The summed E-state index contributed by atoms with van der Waals surface area (Å²) in [6, 6.07) is 13.2. The number of para-hydroxylation sites is 1. The van der Waals surface area contributed by atoms with Crippen LogP contribution in [0.2, 0.25) is 0 Å². The summed E-state index contributed by atoms with van der Waals surface area (Å²) >= 11 is 0. The Kier molecular flexibility index (Phi) is 5.20. The van der Waals surface area contributed by atoms with E-state index in [4.69, 9.17) is 10.8 Å². The molecule has 0 aromatic heterocycles. The van der Waals surface area contributed by atoms with Crippen molar-refractivity contribution in [3.63, 3.8) is 0 Å². The summed E-state index contributed by atoms with van der Waals surface area (Å²) in [6.45, 7) is -0.109. The second-order valence-corrected chi connectivity index (χ2v) is 6.82. The van der Waals surface area contributed by atoms with E-state index in [1.165, 1.54) is 24.3 Å². The van der Waals surface area contributed by atoms with Crippen LogP contribution in [0.3, 0.4) is 0 Å². The van der Waals surface area contributed by atoms with Gasteiger partial charge < -0.3 is 10.8 Å². The van der Waals surface area contributed by atoms with E-state index in [0.717, 1.165) is 4.31 Å². The fourth-order valence-corrected chi connectivity index (χ4v) is 3.56. The van der Waals surface area contributed by atoms with Gasteiger partial charge in [-0.2, -0.15) is 0 Å². The molecule has 0 bridgehead atoms. The summed E-state index contributed by atoms with van der Waals surface area (Å²) < 4.78 is 26.8. The van der Waals surface area contributed by atoms with E-state index in [1.54, 1.807) is 30.3 Å². The molecule has 2 aromatic rings. The van der Waals surface area contributed by atoms with Gasteiger partial charge in [-0.3, -0.25) is 9.10 Å². The Balaban J connectivity index is 2.42. The van der Waals surface area contributed by atoms with Gasteiger partial charge in [0.1, 0.15) is 0 Å². The highest BCUT2D eigenvalue weighted by atomic mass is 32.2. The van der Waals surface area contributed by atoms with Crippen LogP contribution in [0.4, 0.5) is 5.69 Å². The largest absolute Gasteiger partial charge is 0.478 e. The number of nitrogens with two attached hydrogens (primary N) is 1. The van der Waals surface area contributed by atoms with Crippen molar-refractivity contribution in [1.82, 2.24) is 0 Å². The second-order valence-electron chi connectivity index (χ2n) is 4.96. The minimum atomic E-state index is -3.96. The van der Waals surface area contributed by atoms with Gasteiger partial charge in [-0.05, 0) is 36.4 Å². The Morgan fingerprint density at radius 1 is 1.00 bits per heavy atom. The SMILES string of the molecule is NC(=O)CCN(c1ccccc1)S(=O)(=O)c1ccc(C(=O)O)cc1. The number of hydrogen-bond acceptors (Lipinski definition) is 4. The second kappa shape index (κ2) is 7.14. The number of carboxylic acids is 1. The van der Waals surface area contributed by atoms with Gasteiger partial charge in [-0.15, -0.1) is 0 Å². The molecule has 0 spiro atoms. The minimum absolute atomic E-state index is 0.0163. The van der Waals surface area contributed by atoms with Crippen molar-refractivity contribution < 1.29 is 23.1 Å². The molecule has 2 rings (SSSR count). The molecule has 0 unspecified atom stereocenters. The van der Waals surface area contributed by atoms with Crippen LogP contribution in [0.5, 0.6) is 0 Å². The van der Waals surface area contributed by atoms with E-state index in [-0.39, 0.29) is 23.4 Å². The molecule has 0 aliphatic carbocycles. The summed E-state index contributed by atoms with van der Waals surface area (Å²) in [7, 11) is -3.96. The van der Waals surface area contributed by atoms with Gasteiger partial charge in [0.05, 0.1) is 16.1 Å². The average Bonchev–Trinajstić information content (AvgIpc) is 2.55. The zero-order chi connectivity index (χ0) is 17.7. The molecular weight excluding hydrogens is 332 g/mol. The summed E-state index contributed by atoms with van der Waals surface area (Å²) in [4.78, 5) is 21.9. The van der Waals surface area contributed by atoms with Crippen LogP contribution in [0.25, 0.3) is 0 Å². The Bertz CT molecular complexity index is 833. The van der Waals surface area contributed by atoms with Gasteiger partial charge in [0.25, 0.3) is 10.0 Å². The van der Waals surface area contributed by atoms with Crippen molar-refractivity contribution in [2.75, 3.05) is 10.8 Å². The zero-order valence-corrected chi connectivity index (χ0v) is 13.4. The molecule has 8 heteroatoms. The molecule has 2 aromatic carbocycles. The van der Waals surface area contributed by atoms with Gasteiger partial charge in [-0.25, -0.2) is 13.2 Å². The average molecular weight is 348 g/mol. The van der Waals surface area contributed by atoms with Crippen LogP contribution in [-0.4, -0.2) is 31.9 Å². The molecule has 0 aliphatic rings. The Labute approximate surface area is 139 Å². The van der Waals surface area contributed by atoms with Crippen molar-refractivity contribution in [1.29, 1.82) is 0 Å². The highest BCUT2D eigenvalue weighted by Crippen LogP contribution is 2.24. The van der Waals surface area contributed by atoms with Gasteiger partial charge in [0.15, 0.2) is 0 Å². The summed E-state index contributed by atoms with van der Waals surface area (Å²) in [5.41, 5.74) is 5.50. The standard InChI is InChI=1S/C16H16N2O5S/c17-15(19)10-11-18(13-4-2-1-3-5-13)24(22,23)14-8-6-12(7-9-14)16(20)21/h1-9H,10-11H2,(H2,17,19)(H,20,21). The number of nitrogens with zero attached hydrogens (tertiary/aromatic N) is 1. The Morgan fingerprint density at radius 2 is 1.58 bits per heavy atom. The van der Waals surface area contributed by atoms with E-state index in [1.807, 2.05) is 0 Å². The number of amides is 1. The van der Waals surface area contributed by atoms with Crippen LogP contribution in [0.15, 0.2) is 59.5 Å². The number of benzene rings is 2. The van der Waals surface area contributed by atoms with Crippen molar-refractivity contribution in [3.8, 4) is 0 Å². The first-order valence-electron chi connectivity index (χ1n) is 7.02. The van der Waals surface area contributed by atoms with Crippen LogP contribution >= 0.6 is 0 Å². The number of rotatable bonds is 7. The number of aromatic carboxylic acids is 1. The zero-order valence-electron chi connectivity index (χ0n) is 12.6. The van der Waals surface area contributed by atoms with E-state index in [9.17, 15) is 18.0 Å². The van der Waals surface area contributed by atoms with Crippen LogP contribution < -0.4 is 10.0 Å². The van der Waals surface area contributed by atoms with Gasteiger partial charge >= 0.3 is 5.97 Å². The number of carboxylic acid groups (broad SMARTS) is 1. The third-order valence-corrected chi connectivity index (χ3v) is 5.14. The van der Waals surface area contributed by atoms with Crippen LogP contribution in [0.1, 0.15) is 16.8 Å². The molecule has 3 N–H and O–H groups in total. The molecule has 0 radical (unpaired) electrons. The molecule has 7 nitrogen and oxygen atoms in total. The lowest BCUT2D eigenvalue weighted by Crippen LogP contribution is -2.34. The van der Waals surface area contributed by atoms with Crippen LogP contribution in [0, 0.1) is 0 Å². The Hall–Kier alpha value is -2.87. The molecule has 1 amide bonds. The predicted molar refractivity (Wildman–Crippen MR) is 88.2 cm³/mol. The number of primary amides is 1. The number of anilines is 1. The normalized spacial score (nSPS) is 11.0. The lowest BCUT2D eigenvalue weighted by atomic mass is 10.2. The topological polar surface area (TPSA) is 118 Å². The van der Waals surface area contributed by atoms with Gasteiger partial charge in [-0.1, -0.05) is 18.2 Å². The molecular formula is C16H16N2O5S. The monoisotopic (exact) mass is 348 g/mol. The maximum Gasteiger partial charge on any atom is 0.335 e. The molecule has 0 fully saturated rings. The molecule has 0 atom stereocenters. The third kappa shape index (κ3) is 3.90. The third-order valence-electron chi connectivity index (χ3n) is 3.29. The van der Waals surface area contributed by atoms with Gasteiger partial charge in [0, 0.05) is 13.0 Å². The smallest absolute Gasteiger partial charge is 0.335 e. The number of carbonyl (C=O) groups is 2. The molecule has 0 heterocycles. The first-order chi connectivity index (χ1) is 11.3. The van der Waals surface area contributed by atoms with Gasteiger partial charge in [0.2, 0.25) is 5.91 Å². The molecule has 0 saturated carbocycles. The predicted octanol–water partition coefficient (Wildman–Crippen LogP) is 1.46. The quantitative estimate of drug-likeness (QED) is 0.785. The first kappa shape index (κ1) is 17.5. The molecule has 24 heavy (non-hydrogen) atoms. The van der Waals surface area contributed by atoms with E-state index >= 15 is 0 Å². The van der Waals surface area contributed by atoms with Crippen molar-refractivity contribution >= 4 is 27.6 Å². The summed E-state index contributed by atoms with van der Waals surface area (Å²) in [6.07, 6.45) is -0.138. The van der Waals surface area contributed by atoms with E-state index in [2.05, 4.69) is 0 Å². The highest BCUT2D eigenvalue weighted by Gasteiger charge is 2.25. The minimum Gasteiger partial charge on any atom is -0.478 e. The molecule has 0 saturated heterocycles. The Morgan fingerprint density at radius 3 is 2.08 bits per heavy atom. The van der Waals surface area contributed by atoms with Crippen molar-refractivity contribution in [2.24, 2.45) is 5.73 Å². The van der Waals surface area contributed by atoms with Crippen molar-refractivity contribution in [2.45, 2.75) is 11.3 Å². The molecule has 126 valence electrons. The van der Waals surface area contributed by atoms with E-state index in [0.29, 0.717) is 5.69 Å². The number of sulfonamides is 1. The van der Waals surface area contributed by atoms with E-state index < -0.39 is 21.9 Å². The van der Waals surface area contributed by atoms with Crippen molar-refractivity contribution in [3.05, 3.63) is 60.2 Å². The first-order valence-corrected chi connectivity index (χ1v) is 8.46. The fraction of sp³-hybridized carbons (Fsp3) is 0.125. The maximum absolute atomic E-state index is 12.9. The highest BCUT2D eigenvalue weighted by molar-refractivity contribution is 7.92. The number of hydrogen-bond donors (Lipinski definition) is 2. The lowest BCUT2D eigenvalue weighted by molar-refractivity contribution is -0.117.